The van der Waals surface area contributed by atoms with E-state index in [4.69, 9.17) is 12.2 Å². The van der Waals surface area contributed by atoms with Crippen molar-refractivity contribution in [2.45, 2.75) is 12.5 Å². The number of hydrogen-bond donors (Lipinski definition) is 1. The minimum Gasteiger partial charge on any atom is -0.360 e. The van der Waals surface area contributed by atoms with Crippen LogP contribution in [-0.4, -0.2) is 22.6 Å². The number of nitrogens with zero attached hydrogens (tertiary/aromatic N) is 1. The largest absolute Gasteiger partial charge is 0.360 e. The Morgan fingerprint density at radius 2 is 2.17 bits per heavy atom. The second kappa shape index (κ2) is 4.65. The van der Waals surface area contributed by atoms with Gasteiger partial charge in [0.25, 0.3) is 0 Å². The van der Waals surface area contributed by atoms with Gasteiger partial charge >= 0.3 is 0 Å². The van der Waals surface area contributed by atoms with Gasteiger partial charge < -0.3 is 10.2 Å². The molecule has 5 rings (SSSR count). The van der Waals surface area contributed by atoms with Crippen LogP contribution in [0.5, 0.6) is 0 Å². The van der Waals surface area contributed by atoms with E-state index in [0.717, 1.165) is 34.2 Å². The number of fused-ring (bicyclic) bond motifs is 5. The standard InChI is InChI=1S/C19H15FN2S/c20-13-6-5-12-7-11-3-1-2-4-15(11)17-9-14-10-21-19(23)22(14)18(17)16(12)8-13/h1-8,11,14H,9-10H2,(H,21,23)/t11?,14-/m0/s1. The Morgan fingerprint density at radius 3 is 3.09 bits per heavy atom. The molecular formula is C19H15FN2S. The monoisotopic (exact) mass is 322 g/mol. The van der Waals surface area contributed by atoms with Crippen molar-refractivity contribution in [3.05, 3.63) is 69.9 Å². The summed E-state index contributed by atoms with van der Waals surface area (Å²) in [5.41, 5.74) is 3.72. The minimum absolute atomic E-state index is 0.202. The number of hydrogen-bond acceptors (Lipinski definition) is 1. The van der Waals surface area contributed by atoms with Crippen LogP contribution in [0.1, 0.15) is 6.42 Å². The number of allylic oxidation sites excluding steroid dienone is 5. The van der Waals surface area contributed by atoms with E-state index >= 15 is 0 Å². The molecule has 1 aromatic rings. The lowest BCUT2D eigenvalue weighted by Crippen LogP contribution is -2.36. The summed E-state index contributed by atoms with van der Waals surface area (Å²) in [6.45, 7) is 0.859. The Morgan fingerprint density at radius 1 is 1.26 bits per heavy atom. The van der Waals surface area contributed by atoms with E-state index in [9.17, 15) is 4.39 Å². The van der Waals surface area contributed by atoms with Crippen LogP contribution in [0.15, 0.2) is 53.6 Å². The second-order valence-corrected chi connectivity index (χ2v) is 6.75. The van der Waals surface area contributed by atoms with Crippen molar-refractivity contribution >= 4 is 29.1 Å². The van der Waals surface area contributed by atoms with Crippen LogP contribution in [-0.2, 0) is 0 Å². The van der Waals surface area contributed by atoms with Crippen molar-refractivity contribution < 1.29 is 4.39 Å². The summed E-state index contributed by atoms with van der Waals surface area (Å²) in [4.78, 5) is 2.19. The van der Waals surface area contributed by atoms with Gasteiger partial charge in [-0.05, 0) is 47.1 Å². The van der Waals surface area contributed by atoms with E-state index in [0.29, 0.717) is 6.04 Å². The van der Waals surface area contributed by atoms with Crippen LogP contribution in [0.2, 0.25) is 0 Å². The van der Waals surface area contributed by atoms with Crippen molar-refractivity contribution in [3.8, 4) is 0 Å². The van der Waals surface area contributed by atoms with Crippen LogP contribution >= 0.6 is 12.2 Å². The van der Waals surface area contributed by atoms with Crippen LogP contribution < -0.4 is 15.8 Å². The van der Waals surface area contributed by atoms with Crippen molar-refractivity contribution in [2.24, 2.45) is 5.92 Å². The van der Waals surface area contributed by atoms with Crippen LogP contribution in [0.4, 0.5) is 4.39 Å². The Labute approximate surface area is 139 Å². The van der Waals surface area contributed by atoms with Gasteiger partial charge in [-0.25, -0.2) is 4.39 Å². The van der Waals surface area contributed by atoms with Gasteiger partial charge in [0.2, 0.25) is 0 Å². The van der Waals surface area contributed by atoms with Gasteiger partial charge in [-0.15, -0.1) is 0 Å². The van der Waals surface area contributed by atoms with Crippen LogP contribution in [0, 0.1) is 11.7 Å². The molecular weight excluding hydrogens is 307 g/mol. The summed E-state index contributed by atoms with van der Waals surface area (Å²) in [6.07, 6.45) is 11.7. The maximum atomic E-state index is 14.0. The molecule has 1 aromatic carbocycles. The van der Waals surface area contributed by atoms with Gasteiger partial charge in [0.1, 0.15) is 5.82 Å². The third-order valence-corrected chi connectivity index (χ3v) is 5.42. The predicted molar refractivity (Wildman–Crippen MR) is 93.2 cm³/mol. The molecule has 2 aliphatic carbocycles. The molecule has 0 amide bonds. The summed E-state index contributed by atoms with van der Waals surface area (Å²) >= 11 is 5.51. The van der Waals surface area contributed by atoms with Crippen molar-refractivity contribution in [2.75, 3.05) is 6.54 Å². The maximum absolute atomic E-state index is 14.0. The van der Waals surface area contributed by atoms with Crippen molar-refractivity contribution in [1.82, 2.24) is 10.2 Å². The smallest absolute Gasteiger partial charge is 0.173 e. The van der Waals surface area contributed by atoms with E-state index < -0.39 is 0 Å². The SMILES string of the molecule is Fc1ccc2c(c1)=C1C(=C3C=CC=CC3C=2)C[C@H]2CNC(=S)N12. The molecule has 2 aliphatic heterocycles. The average Bonchev–Trinajstić information content (AvgIpc) is 3.06. The van der Waals surface area contributed by atoms with Crippen LogP contribution in [0.3, 0.4) is 0 Å². The molecule has 2 heterocycles. The highest BCUT2D eigenvalue weighted by molar-refractivity contribution is 7.80. The molecule has 2 nitrogen and oxygen atoms in total. The summed E-state index contributed by atoms with van der Waals surface area (Å²) in [6, 6.07) is 5.41. The summed E-state index contributed by atoms with van der Waals surface area (Å²) in [7, 11) is 0. The van der Waals surface area contributed by atoms with Crippen LogP contribution in [0.25, 0.3) is 11.8 Å². The molecule has 0 spiro atoms. The predicted octanol–water partition coefficient (Wildman–Crippen LogP) is 1.73. The minimum atomic E-state index is -0.202. The third-order valence-electron chi connectivity index (χ3n) is 5.08. The van der Waals surface area contributed by atoms with E-state index in [1.165, 1.54) is 17.2 Å². The summed E-state index contributed by atoms with van der Waals surface area (Å²) in [5.74, 6) is 0.0461. The number of nitrogens with one attached hydrogen (secondary N) is 1. The zero-order chi connectivity index (χ0) is 15.6. The Kier molecular flexibility index (Phi) is 2.68. The molecule has 2 saturated heterocycles. The number of thiocarbonyl (C=S) groups is 1. The van der Waals surface area contributed by atoms with Gasteiger partial charge in [-0.3, -0.25) is 0 Å². The zero-order valence-corrected chi connectivity index (χ0v) is 13.2. The third kappa shape index (κ3) is 1.81. The first-order valence-electron chi connectivity index (χ1n) is 7.89. The highest BCUT2D eigenvalue weighted by Crippen LogP contribution is 2.41. The topological polar surface area (TPSA) is 15.3 Å². The Bertz CT molecular complexity index is 954. The first-order valence-corrected chi connectivity index (χ1v) is 8.30. The van der Waals surface area contributed by atoms with Gasteiger partial charge in [-0.2, -0.15) is 0 Å². The fourth-order valence-electron chi connectivity index (χ4n) is 4.10. The van der Waals surface area contributed by atoms with Crippen molar-refractivity contribution in [3.63, 3.8) is 0 Å². The first-order chi connectivity index (χ1) is 11.2. The normalized spacial score (nSPS) is 27.1. The molecule has 2 atom stereocenters. The second-order valence-electron chi connectivity index (χ2n) is 6.36. The molecule has 0 aromatic heterocycles. The summed E-state index contributed by atoms with van der Waals surface area (Å²) < 4.78 is 14.0. The lowest BCUT2D eigenvalue weighted by molar-refractivity contribution is 0.513. The van der Waals surface area contributed by atoms with Gasteiger partial charge in [-0.1, -0.05) is 36.4 Å². The van der Waals surface area contributed by atoms with Crippen molar-refractivity contribution in [1.29, 1.82) is 0 Å². The molecule has 0 radical (unpaired) electrons. The molecule has 0 saturated carbocycles. The number of benzene rings is 1. The number of halogens is 1. The van der Waals surface area contributed by atoms with Gasteiger partial charge in [0.05, 0.1) is 11.7 Å². The highest BCUT2D eigenvalue weighted by Gasteiger charge is 2.41. The first kappa shape index (κ1) is 13.3. The van der Waals surface area contributed by atoms with E-state index in [2.05, 4.69) is 40.6 Å². The molecule has 4 heteroatoms. The summed E-state index contributed by atoms with van der Waals surface area (Å²) in [5, 5.41) is 6.06. The molecule has 1 unspecified atom stereocenters. The molecule has 114 valence electrons. The zero-order valence-electron chi connectivity index (χ0n) is 12.4. The van der Waals surface area contributed by atoms with Gasteiger partial charge in [0.15, 0.2) is 5.11 Å². The fraction of sp³-hybridized carbons (Fsp3) is 0.211. The lowest BCUT2D eigenvalue weighted by atomic mass is 9.89. The quantitative estimate of drug-likeness (QED) is 0.733. The highest BCUT2D eigenvalue weighted by atomic mass is 32.1. The van der Waals surface area contributed by atoms with E-state index in [-0.39, 0.29) is 11.7 Å². The molecule has 23 heavy (non-hydrogen) atoms. The van der Waals surface area contributed by atoms with E-state index in [1.54, 1.807) is 6.07 Å². The lowest BCUT2D eigenvalue weighted by Gasteiger charge is -2.19. The molecule has 0 bridgehead atoms. The van der Waals surface area contributed by atoms with E-state index in [1.807, 2.05) is 6.07 Å². The molecule has 1 N–H and O–H groups in total. The maximum Gasteiger partial charge on any atom is 0.173 e. The molecule has 4 aliphatic rings. The fourth-order valence-corrected chi connectivity index (χ4v) is 4.42. The Balaban J connectivity index is 1.92. The number of rotatable bonds is 0. The van der Waals surface area contributed by atoms with Gasteiger partial charge in [0, 0.05) is 17.7 Å². The molecule has 2 fully saturated rings. The average molecular weight is 322 g/mol. The Hall–Kier alpha value is -2.20.